The molecule has 0 saturated carbocycles. The van der Waals surface area contributed by atoms with Crippen LogP contribution in [0.5, 0.6) is 0 Å². The first-order chi connectivity index (χ1) is 10.4. The molecule has 0 aliphatic heterocycles. The number of benzene rings is 1. The minimum Gasteiger partial charge on any atom is -0.872 e. The minimum atomic E-state index is -1.63. The Labute approximate surface area is 126 Å². The molecule has 7 heteroatoms. The summed E-state index contributed by atoms with van der Waals surface area (Å²) in [7, 11) is 0. The zero-order valence-electron chi connectivity index (χ0n) is 11.8. The molecule has 2 rings (SSSR count). The summed E-state index contributed by atoms with van der Waals surface area (Å²) >= 11 is 0. The van der Waals surface area contributed by atoms with E-state index in [-0.39, 0.29) is 0 Å². The van der Waals surface area contributed by atoms with Crippen molar-refractivity contribution in [2.24, 2.45) is 0 Å². The number of nitrogens with two attached hydrogens (primary N) is 1. The van der Waals surface area contributed by atoms with Crippen molar-refractivity contribution in [3.8, 4) is 0 Å². The SMILES string of the molecule is Cc1ccc(/C([O-])=C/C(=O)C(=O)O)cc1.Nc1nccc[nH+]1. The zero-order chi connectivity index (χ0) is 16.5. The maximum atomic E-state index is 11.3. The Kier molecular flexibility index (Phi) is 6.24. The highest BCUT2D eigenvalue weighted by atomic mass is 16.4. The molecule has 0 atom stereocenters. The number of aromatic nitrogens is 2. The van der Waals surface area contributed by atoms with Gasteiger partial charge in [-0.2, -0.15) is 0 Å². The predicted octanol–water partition coefficient (Wildman–Crippen LogP) is -0.172. The molecule has 2 aromatic rings. The molecule has 1 aromatic carbocycles. The van der Waals surface area contributed by atoms with Crippen LogP contribution in [0.3, 0.4) is 0 Å². The van der Waals surface area contributed by atoms with Gasteiger partial charge in [0.1, 0.15) is 6.20 Å². The third-order valence-electron chi connectivity index (χ3n) is 2.44. The van der Waals surface area contributed by atoms with Gasteiger partial charge in [0.15, 0.2) is 0 Å². The molecule has 0 aliphatic carbocycles. The van der Waals surface area contributed by atoms with E-state index in [2.05, 4.69) is 9.97 Å². The van der Waals surface area contributed by atoms with Gasteiger partial charge < -0.3 is 10.2 Å². The van der Waals surface area contributed by atoms with Gasteiger partial charge >= 0.3 is 11.9 Å². The van der Waals surface area contributed by atoms with Crippen molar-refractivity contribution in [2.45, 2.75) is 6.92 Å². The summed E-state index contributed by atoms with van der Waals surface area (Å²) in [5.41, 5.74) is 6.47. The molecule has 0 bridgehead atoms. The van der Waals surface area contributed by atoms with E-state index in [0.717, 1.165) is 5.56 Å². The number of nitrogen functional groups attached to an aromatic ring is 1. The van der Waals surface area contributed by atoms with Crippen LogP contribution in [-0.2, 0) is 9.59 Å². The number of H-pyrrole nitrogens is 1. The summed E-state index contributed by atoms with van der Waals surface area (Å²) in [4.78, 5) is 27.3. The van der Waals surface area contributed by atoms with Crippen LogP contribution in [0.15, 0.2) is 48.8 Å². The van der Waals surface area contributed by atoms with E-state index in [4.69, 9.17) is 10.8 Å². The number of carbonyl (C=O) groups excluding carboxylic acids is 1. The van der Waals surface area contributed by atoms with E-state index in [1.807, 2.05) is 6.92 Å². The molecule has 0 saturated heterocycles. The molecular formula is C15H15N3O4. The highest BCUT2D eigenvalue weighted by Crippen LogP contribution is 2.09. The standard InChI is InChI=1S/C11H10O4.C4H5N3/c1-7-2-4-8(5-3-7)9(12)6-10(13)11(14)15;5-4-6-2-1-3-7-4/h2-6,12H,1H3,(H,14,15);1-3H,(H2,5,6,7)/b9-6-;. The van der Waals surface area contributed by atoms with E-state index < -0.39 is 17.5 Å². The van der Waals surface area contributed by atoms with Gasteiger partial charge in [-0.15, -0.1) is 0 Å². The van der Waals surface area contributed by atoms with Gasteiger partial charge in [-0.05, 0) is 18.6 Å². The Balaban J connectivity index is 0.000000287. The first-order valence-electron chi connectivity index (χ1n) is 6.21. The molecule has 22 heavy (non-hydrogen) atoms. The molecular weight excluding hydrogens is 286 g/mol. The number of carbonyl (C=O) groups is 2. The number of hydrogen-bond donors (Lipinski definition) is 2. The summed E-state index contributed by atoms with van der Waals surface area (Å²) in [6.07, 6.45) is 3.93. The second kappa shape index (κ2) is 8.15. The highest BCUT2D eigenvalue weighted by molar-refractivity contribution is 6.38. The lowest BCUT2D eigenvalue weighted by Crippen LogP contribution is -2.13. The summed E-state index contributed by atoms with van der Waals surface area (Å²) in [5.74, 6) is -2.99. The van der Waals surface area contributed by atoms with Crippen molar-refractivity contribution in [3.63, 3.8) is 0 Å². The van der Waals surface area contributed by atoms with Crippen molar-refractivity contribution in [2.75, 3.05) is 5.73 Å². The third-order valence-corrected chi connectivity index (χ3v) is 2.44. The number of aliphatic carboxylic acids is 1. The molecule has 114 valence electrons. The lowest BCUT2D eigenvalue weighted by atomic mass is 10.1. The highest BCUT2D eigenvalue weighted by Gasteiger charge is 2.06. The first kappa shape index (κ1) is 16.8. The number of nitrogens with one attached hydrogen (secondary N) is 1. The average molecular weight is 301 g/mol. The Bertz CT molecular complexity index is 667. The smallest absolute Gasteiger partial charge is 0.386 e. The van der Waals surface area contributed by atoms with Crippen molar-refractivity contribution in [1.82, 2.24) is 4.98 Å². The molecule has 7 nitrogen and oxygen atoms in total. The maximum absolute atomic E-state index is 11.3. The van der Waals surface area contributed by atoms with E-state index in [9.17, 15) is 14.7 Å². The maximum Gasteiger partial charge on any atom is 0.386 e. The Morgan fingerprint density at radius 3 is 2.36 bits per heavy atom. The number of aromatic amines is 1. The van der Waals surface area contributed by atoms with Gasteiger partial charge in [0.25, 0.3) is 5.78 Å². The molecule has 0 spiro atoms. The Morgan fingerprint density at radius 2 is 1.95 bits per heavy atom. The summed E-state index contributed by atoms with van der Waals surface area (Å²) in [6, 6.07) is 8.29. The van der Waals surface area contributed by atoms with E-state index in [0.29, 0.717) is 17.6 Å². The largest absolute Gasteiger partial charge is 0.872 e. The first-order valence-corrected chi connectivity index (χ1v) is 6.21. The Hall–Kier alpha value is -3.22. The minimum absolute atomic E-state index is 0.301. The number of aryl methyl sites for hydroxylation is 1. The molecule has 0 amide bonds. The zero-order valence-corrected chi connectivity index (χ0v) is 11.8. The molecule has 0 unspecified atom stereocenters. The molecule has 4 N–H and O–H groups in total. The number of hydrogen-bond acceptors (Lipinski definition) is 5. The molecule has 1 aromatic heterocycles. The molecule has 0 radical (unpaired) electrons. The number of nitrogens with zero attached hydrogens (tertiary/aromatic N) is 1. The van der Waals surface area contributed by atoms with Gasteiger partial charge in [-0.25, -0.2) is 9.78 Å². The van der Waals surface area contributed by atoms with Gasteiger partial charge in [0.05, 0.1) is 6.20 Å². The fourth-order valence-electron chi connectivity index (χ4n) is 1.32. The molecule has 0 aliphatic rings. The van der Waals surface area contributed by atoms with Crippen molar-refractivity contribution in [3.05, 3.63) is 59.9 Å². The van der Waals surface area contributed by atoms with Crippen LogP contribution >= 0.6 is 0 Å². The van der Waals surface area contributed by atoms with Gasteiger partial charge in [-0.3, -0.25) is 10.5 Å². The van der Waals surface area contributed by atoms with Crippen LogP contribution < -0.4 is 15.8 Å². The molecule has 0 fully saturated rings. The summed E-state index contributed by atoms with van der Waals surface area (Å²) in [5, 5.41) is 19.6. The van der Waals surface area contributed by atoms with Crippen LogP contribution in [0.25, 0.3) is 5.76 Å². The number of carboxylic acids is 1. The summed E-state index contributed by atoms with van der Waals surface area (Å²) < 4.78 is 0. The van der Waals surface area contributed by atoms with Gasteiger partial charge in [0, 0.05) is 6.07 Å². The fraction of sp³-hybridized carbons (Fsp3) is 0.0667. The van der Waals surface area contributed by atoms with Crippen molar-refractivity contribution in [1.29, 1.82) is 0 Å². The number of ketones is 1. The van der Waals surface area contributed by atoms with Crippen LogP contribution in [0.1, 0.15) is 11.1 Å². The quantitative estimate of drug-likeness (QED) is 0.459. The van der Waals surface area contributed by atoms with Gasteiger partial charge in [-0.1, -0.05) is 40.6 Å². The van der Waals surface area contributed by atoms with Crippen LogP contribution in [0.2, 0.25) is 0 Å². The van der Waals surface area contributed by atoms with E-state index in [1.165, 1.54) is 0 Å². The lowest BCUT2D eigenvalue weighted by molar-refractivity contribution is -0.364. The monoisotopic (exact) mass is 301 g/mol. The normalized spacial score (nSPS) is 10.3. The number of anilines is 1. The number of rotatable bonds is 3. The average Bonchev–Trinajstić information content (AvgIpc) is 2.49. The predicted molar refractivity (Wildman–Crippen MR) is 77.0 cm³/mol. The second-order valence-corrected chi connectivity index (χ2v) is 4.21. The van der Waals surface area contributed by atoms with E-state index >= 15 is 0 Å². The van der Waals surface area contributed by atoms with Crippen molar-refractivity contribution < 1.29 is 24.8 Å². The fourth-order valence-corrected chi connectivity index (χ4v) is 1.32. The van der Waals surface area contributed by atoms with Crippen LogP contribution in [0.4, 0.5) is 5.95 Å². The van der Waals surface area contributed by atoms with E-state index in [1.54, 1.807) is 42.7 Å². The topological polar surface area (TPSA) is 130 Å². The third kappa shape index (κ3) is 5.83. The number of carboxylic acid groups (broad SMARTS) is 1. The lowest BCUT2D eigenvalue weighted by Gasteiger charge is -2.11. The Morgan fingerprint density at radius 1 is 1.32 bits per heavy atom. The molecule has 1 heterocycles. The van der Waals surface area contributed by atoms with Crippen LogP contribution in [0, 0.1) is 6.92 Å². The van der Waals surface area contributed by atoms with Crippen molar-refractivity contribution >= 4 is 23.5 Å². The van der Waals surface area contributed by atoms with Gasteiger partial charge in [0.2, 0.25) is 0 Å². The second-order valence-electron chi connectivity index (χ2n) is 4.21. The summed E-state index contributed by atoms with van der Waals surface area (Å²) in [6.45, 7) is 1.86. The van der Waals surface area contributed by atoms with Crippen LogP contribution in [-0.4, -0.2) is 21.8 Å².